The lowest BCUT2D eigenvalue weighted by Gasteiger charge is -2.21. The summed E-state index contributed by atoms with van der Waals surface area (Å²) in [5, 5.41) is 0.311. The molecule has 0 aromatic carbocycles. The molecule has 4 nitrogen and oxygen atoms in total. The van der Waals surface area contributed by atoms with Gasteiger partial charge in [0.15, 0.2) is 11.0 Å². The van der Waals surface area contributed by atoms with Crippen LogP contribution in [0.5, 0.6) is 0 Å². The first kappa shape index (κ1) is 11.0. The second-order valence-electron chi connectivity index (χ2n) is 3.68. The van der Waals surface area contributed by atoms with Crippen LogP contribution in [0, 0.1) is 5.92 Å². The first-order valence-electron chi connectivity index (χ1n) is 4.49. The molecule has 0 atom stereocenters. The van der Waals surface area contributed by atoms with Crippen molar-refractivity contribution in [1.82, 2.24) is 9.97 Å². The van der Waals surface area contributed by atoms with Crippen LogP contribution in [0.4, 0.5) is 11.5 Å². The molecule has 0 fully saturated rings. The van der Waals surface area contributed by atoms with Crippen LogP contribution in [0.25, 0.3) is 0 Å². The second-order valence-corrected chi connectivity index (χ2v) is 4.03. The zero-order valence-corrected chi connectivity index (χ0v) is 9.41. The van der Waals surface area contributed by atoms with Gasteiger partial charge in [-0.1, -0.05) is 25.4 Å². The Bertz CT molecular complexity index is 314. The van der Waals surface area contributed by atoms with E-state index in [1.807, 2.05) is 11.9 Å². The van der Waals surface area contributed by atoms with E-state index in [9.17, 15) is 0 Å². The highest BCUT2D eigenvalue weighted by Gasteiger charge is 2.11. The number of nitrogen functional groups attached to an aromatic ring is 1. The van der Waals surface area contributed by atoms with E-state index in [1.54, 1.807) is 0 Å². The van der Waals surface area contributed by atoms with Crippen molar-refractivity contribution in [2.45, 2.75) is 13.8 Å². The summed E-state index contributed by atoms with van der Waals surface area (Å²) in [6, 6.07) is 0. The average molecular weight is 215 g/mol. The van der Waals surface area contributed by atoms with Gasteiger partial charge < -0.3 is 10.6 Å². The summed E-state index contributed by atoms with van der Waals surface area (Å²) >= 11 is 5.79. The molecular weight excluding hydrogens is 200 g/mol. The van der Waals surface area contributed by atoms with Gasteiger partial charge in [0.1, 0.15) is 12.0 Å². The predicted octanol–water partition coefficient (Wildman–Crippen LogP) is 1.80. The molecule has 0 radical (unpaired) electrons. The Hall–Kier alpha value is -1.03. The van der Waals surface area contributed by atoms with E-state index in [0.717, 1.165) is 6.54 Å². The molecule has 1 aromatic heterocycles. The van der Waals surface area contributed by atoms with Gasteiger partial charge in [-0.3, -0.25) is 0 Å². The Balaban J connectivity index is 2.89. The molecule has 1 heterocycles. The molecule has 0 amide bonds. The fraction of sp³-hybridized carbons (Fsp3) is 0.556. The molecule has 0 spiro atoms. The quantitative estimate of drug-likeness (QED) is 0.780. The maximum absolute atomic E-state index is 5.79. The molecule has 0 bridgehead atoms. The molecule has 2 N–H and O–H groups in total. The third-order valence-electron chi connectivity index (χ3n) is 1.81. The van der Waals surface area contributed by atoms with E-state index in [4.69, 9.17) is 17.3 Å². The van der Waals surface area contributed by atoms with E-state index in [0.29, 0.717) is 22.6 Å². The van der Waals surface area contributed by atoms with Crippen molar-refractivity contribution in [2.24, 2.45) is 5.92 Å². The topological polar surface area (TPSA) is 55.0 Å². The van der Waals surface area contributed by atoms with Crippen LogP contribution in [0.3, 0.4) is 0 Å². The summed E-state index contributed by atoms with van der Waals surface area (Å²) in [6.45, 7) is 5.16. The highest BCUT2D eigenvalue weighted by molar-refractivity contribution is 6.32. The van der Waals surface area contributed by atoms with E-state index < -0.39 is 0 Å². The molecular formula is C9H15ClN4. The van der Waals surface area contributed by atoms with Gasteiger partial charge in [0.2, 0.25) is 0 Å². The zero-order chi connectivity index (χ0) is 10.7. The number of halogens is 1. The Morgan fingerprint density at radius 2 is 2.14 bits per heavy atom. The summed E-state index contributed by atoms with van der Waals surface area (Å²) in [7, 11) is 1.94. The van der Waals surface area contributed by atoms with Crippen LogP contribution in [0.1, 0.15) is 13.8 Å². The van der Waals surface area contributed by atoms with Gasteiger partial charge >= 0.3 is 0 Å². The SMILES string of the molecule is CC(C)CN(C)c1ncnc(Cl)c1N. The fourth-order valence-corrected chi connectivity index (χ4v) is 1.43. The number of nitrogens with zero attached hydrogens (tertiary/aromatic N) is 3. The highest BCUT2D eigenvalue weighted by atomic mass is 35.5. The minimum Gasteiger partial charge on any atom is -0.393 e. The van der Waals surface area contributed by atoms with Crippen molar-refractivity contribution in [1.29, 1.82) is 0 Å². The molecule has 1 aromatic rings. The third-order valence-corrected chi connectivity index (χ3v) is 2.12. The minimum atomic E-state index is 0.311. The van der Waals surface area contributed by atoms with Gasteiger partial charge in [0.05, 0.1) is 0 Å². The molecule has 14 heavy (non-hydrogen) atoms. The van der Waals surface area contributed by atoms with E-state index >= 15 is 0 Å². The van der Waals surface area contributed by atoms with Gasteiger partial charge in [0, 0.05) is 13.6 Å². The van der Waals surface area contributed by atoms with Crippen molar-refractivity contribution in [3.05, 3.63) is 11.5 Å². The maximum atomic E-state index is 5.79. The Morgan fingerprint density at radius 3 is 2.71 bits per heavy atom. The summed E-state index contributed by atoms with van der Waals surface area (Å²) in [4.78, 5) is 9.88. The Kier molecular flexibility index (Phi) is 3.52. The van der Waals surface area contributed by atoms with E-state index in [-0.39, 0.29) is 0 Å². The fourth-order valence-electron chi connectivity index (χ4n) is 1.30. The van der Waals surface area contributed by atoms with Crippen molar-refractivity contribution in [3.8, 4) is 0 Å². The Labute approximate surface area is 89.1 Å². The van der Waals surface area contributed by atoms with Gasteiger partial charge in [0.25, 0.3) is 0 Å². The summed E-state index contributed by atoms with van der Waals surface area (Å²) in [6.07, 6.45) is 1.42. The van der Waals surface area contributed by atoms with E-state index in [1.165, 1.54) is 6.33 Å². The van der Waals surface area contributed by atoms with Gasteiger partial charge in [-0.25, -0.2) is 9.97 Å². The van der Waals surface area contributed by atoms with Crippen LogP contribution in [-0.2, 0) is 0 Å². The van der Waals surface area contributed by atoms with Crippen molar-refractivity contribution in [3.63, 3.8) is 0 Å². The summed E-state index contributed by atoms with van der Waals surface area (Å²) in [5.41, 5.74) is 6.20. The lowest BCUT2D eigenvalue weighted by Crippen LogP contribution is -2.24. The predicted molar refractivity (Wildman–Crippen MR) is 59.6 cm³/mol. The van der Waals surface area contributed by atoms with Crippen LogP contribution < -0.4 is 10.6 Å². The highest BCUT2D eigenvalue weighted by Crippen LogP contribution is 2.24. The van der Waals surface area contributed by atoms with Gasteiger partial charge in [-0.2, -0.15) is 0 Å². The van der Waals surface area contributed by atoms with Crippen molar-refractivity contribution < 1.29 is 0 Å². The first-order valence-corrected chi connectivity index (χ1v) is 4.87. The van der Waals surface area contributed by atoms with Crippen LogP contribution in [-0.4, -0.2) is 23.6 Å². The van der Waals surface area contributed by atoms with Crippen LogP contribution in [0.15, 0.2) is 6.33 Å². The normalized spacial score (nSPS) is 10.6. The molecule has 0 saturated carbocycles. The molecule has 78 valence electrons. The van der Waals surface area contributed by atoms with E-state index in [2.05, 4.69) is 23.8 Å². The van der Waals surface area contributed by atoms with Gasteiger partial charge in [-0.05, 0) is 5.92 Å². The summed E-state index contributed by atoms with van der Waals surface area (Å²) in [5.74, 6) is 1.24. The molecule has 0 aliphatic heterocycles. The monoisotopic (exact) mass is 214 g/mol. The van der Waals surface area contributed by atoms with Crippen molar-refractivity contribution >= 4 is 23.1 Å². The Morgan fingerprint density at radius 1 is 1.50 bits per heavy atom. The molecule has 0 aliphatic carbocycles. The molecule has 0 saturated heterocycles. The van der Waals surface area contributed by atoms with Crippen molar-refractivity contribution in [2.75, 3.05) is 24.2 Å². The van der Waals surface area contributed by atoms with Crippen LogP contribution >= 0.6 is 11.6 Å². The first-order chi connectivity index (χ1) is 6.52. The second kappa shape index (κ2) is 4.46. The number of hydrogen-bond donors (Lipinski definition) is 1. The lowest BCUT2D eigenvalue weighted by molar-refractivity contribution is 0.635. The molecule has 0 aliphatic rings. The zero-order valence-electron chi connectivity index (χ0n) is 8.66. The standard InChI is InChI=1S/C9H15ClN4/c1-6(2)4-14(3)9-7(11)8(10)12-5-13-9/h5-6H,4,11H2,1-3H3. The third kappa shape index (κ3) is 2.48. The smallest absolute Gasteiger partial charge is 0.157 e. The average Bonchev–Trinajstić information content (AvgIpc) is 2.08. The molecule has 1 rings (SSSR count). The number of anilines is 2. The summed E-state index contributed by atoms with van der Waals surface area (Å²) < 4.78 is 0. The van der Waals surface area contributed by atoms with Gasteiger partial charge in [-0.15, -0.1) is 0 Å². The number of nitrogens with two attached hydrogens (primary N) is 1. The lowest BCUT2D eigenvalue weighted by atomic mass is 10.2. The number of hydrogen-bond acceptors (Lipinski definition) is 4. The largest absolute Gasteiger partial charge is 0.393 e. The molecule has 5 heteroatoms. The maximum Gasteiger partial charge on any atom is 0.157 e. The molecule has 0 unspecified atom stereocenters. The number of aromatic nitrogens is 2. The van der Waals surface area contributed by atoms with Crippen LogP contribution in [0.2, 0.25) is 5.15 Å². The number of rotatable bonds is 3. The minimum absolute atomic E-state index is 0.311.